The van der Waals surface area contributed by atoms with E-state index >= 15 is 0 Å². The van der Waals surface area contributed by atoms with Crippen molar-refractivity contribution in [2.75, 3.05) is 0 Å². The summed E-state index contributed by atoms with van der Waals surface area (Å²) in [6.45, 7) is 7.76. The van der Waals surface area contributed by atoms with Crippen LogP contribution in [0, 0.1) is 0 Å². The zero-order valence-electron chi connectivity index (χ0n) is 17.8. The zero-order chi connectivity index (χ0) is 22.7. The third-order valence-electron chi connectivity index (χ3n) is 4.38. The number of fused-ring (bicyclic) bond motifs is 1. The van der Waals surface area contributed by atoms with Crippen LogP contribution in [0.2, 0.25) is 0 Å². The lowest BCUT2D eigenvalue weighted by Gasteiger charge is -2.34. The highest BCUT2D eigenvalue weighted by Gasteiger charge is 2.40. The number of aromatic nitrogens is 1. The van der Waals surface area contributed by atoms with Gasteiger partial charge in [0.25, 0.3) is 0 Å². The van der Waals surface area contributed by atoms with Gasteiger partial charge in [0.15, 0.2) is 0 Å². The molecule has 0 unspecified atom stereocenters. The smallest absolute Gasteiger partial charge is 0.408 e. The lowest BCUT2D eigenvalue weighted by Crippen LogP contribution is -2.63. The quantitative estimate of drug-likeness (QED) is 0.436. The average Bonchev–Trinajstić information content (AvgIpc) is 2.94. The Morgan fingerprint density at radius 2 is 1.70 bits per heavy atom. The number of hydrogen-bond acceptors (Lipinski definition) is 5. The number of aliphatic hydroxyl groups is 1. The summed E-state index contributed by atoms with van der Waals surface area (Å²) in [4.78, 5) is 39.6. The van der Waals surface area contributed by atoms with Crippen LogP contribution in [-0.2, 0) is 20.7 Å². The number of amides is 2. The average molecular weight is 419 g/mol. The molecule has 2 aromatic rings. The molecule has 1 aromatic heterocycles. The van der Waals surface area contributed by atoms with Crippen molar-refractivity contribution in [3.8, 4) is 0 Å². The summed E-state index contributed by atoms with van der Waals surface area (Å²) in [7, 11) is 0. The monoisotopic (exact) mass is 419 g/mol. The summed E-state index contributed by atoms with van der Waals surface area (Å²) in [5, 5.41) is 25.0. The number of benzene rings is 1. The summed E-state index contributed by atoms with van der Waals surface area (Å²) in [5.74, 6) is -2.02. The molecule has 0 aliphatic rings. The van der Waals surface area contributed by atoms with Crippen LogP contribution in [0.4, 0.5) is 4.79 Å². The van der Waals surface area contributed by atoms with Crippen molar-refractivity contribution in [3.05, 3.63) is 36.0 Å². The molecular formula is C21H29N3O6. The molecule has 0 fully saturated rings. The number of aliphatic carboxylic acids is 1. The number of para-hydroxylation sites is 1. The SMILES string of the molecule is CC(C)(C)OC(=O)N[C@@](C)(Cc1c[nH]c2ccccc12)C(=O)N[C@@](C)(O)CC(=O)O. The zero-order valence-corrected chi connectivity index (χ0v) is 17.8. The number of carbonyl (C=O) groups is 3. The lowest BCUT2D eigenvalue weighted by atomic mass is 9.91. The van der Waals surface area contributed by atoms with E-state index in [4.69, 9.17) is 9.84 Å². The van der Waals surface area contributed by atoms with Gasteiger partial charge in [0, 0.05) is 23.5 Å². The Hall–Kier alpha value is -3.07. The van der Waals surface area contributed by atoms with Gasteiger partial charge < -0.3 is 30.6 Å². The maximum atomic E-state index is 13.1. The van der Waals surface area contributed by atoms with Crippen LogP contribution in [0.1, 0.15) is 46.6 Å². The van der Waals surface area contributed by atoms with Crippen molar-refractivity contribution in [1.82, 2.24) is 15.6 Å². The normalized spacial score (nSPS) is 15.7. The molecule has 0 saturated carbocycles. The third kappa shape index (κ3) is 6.21. The topological polar surface area (TPSA) is 141 Å². The Balaban J connectivity index is 2.34. The van der Waals surface area contributed by atoms with Gasteiger partial charge in [-0.05, 0) is 46.2 Å². The van der Waals surface area contributed by atoms with Crippen LogP contribution in [0.5, 0.6) is 0 Å². The minimum atomic E-state index is -2.00. The summed E-state index contributed by atoms with van der Waals surface area (Å²) < 4.78 is 5.29. The van der Waals surface area contributed by atoms with E-state index in [9.17, 15) is 19.5 Å². The van der Waals surface area contributed by atoms with Gasteiger partial charge in [-0.2, -0.15) is 0 Å². The van der Waals surface area contributed by atoms with E-state index in [2.05, 4.69) is 15.6 Å². The molecule has 0 aliphatic heterocycles. The van der Waals surface area contributed by atoms with Crippen molar-refractivity contribution >= 4 is 28.9 Å². The molecular weight excluding hydrogens is 390 g/mol. The highest BCUT2D eigenvalue weighted by Crippen LogP contribution is 2.24. The minimum Gasteiger partial charge on any atom is -0.481 e. The molecule has 0 bridgehead atoms. The Labute approximate surface area is 174 Å². The van der Waals surface area contributed by atoms with Gasteiger partial charge in [0.1, 0.15) is 16.9 Å². The van der Waals surface area contributed by atoms with Gasteiger partial charge in [-0.1, -0.05) is 18.2 Å². The Kier molecular flexibility index (Phi) is 6.46. The van der Waals surface area contributed by atoms with Crippen molar-refractivity contribution in [2.24, 2.45) is 0 Å². The van der Waals surface area contributed by atoms with Gasteiger partial charge in [0.2, 0.25) is 5.91 Å². The number of ether oxygens (including phenoxy) is 1. The maximum absolute atomic E-state index is 13.1. The number of rotatable bonds is 7. The Bertz CT molecular complexity index is 944. The molecule has 30 heavy (non-hydrogen) atoms. The molecule has 0 spiro atoms. The summed E-state index contributed by atoms with van der Waals surface area (Å²) >= 11 is 0. The van der Waals surface area contributed by atoms with Crippen LogP contribution in [-0.4, -0.2) is 50.0 Å². The molecule has 9 nitrogen and oxygen atoms in total. The van der Waals surface area contributed by atoms with Gasteiger partial charge in [-0.25, -0.2) is 4.79 Å². The second-order valence-electron chi connectivity index (χ2n) is 8.79. The first kappa shape index (κ1) is 23.2. The first-order valence-corrected chi connectivity index (χ1v) is 9.54. The fourth-order valence-corrected chi connectivity index (χ4v) is 3.09. The van der Waals surface area contributed by atoms with E-state index < -0.39 is 41.3 Å². The number of alkyl carbamates (subject to hydrolysis) is 1. The highest BCUT2D eigenvalue weighted by molar-refractivity contribution is 5.92. The van der Waals surface area contributed by atoms with E-state index in [0.29, 0.717) is 0 Å². The molecule has 164 valence electrons. The van der Waals surface area contributed by atoms with Crippen molar-refractivity contribution in [1.29, 1.82) is 0 Å². The number of carbonyl (C=O) groups excluding carboxylic acids is 2. The van der Waals surface area contributed by atoms with Crippen LogP contribution < -0.4 is 10.6 Å². The maximum Gasteiger partial charge on any atom is 0.408 e. The number of H-pyrrole nitrogens is 1. The number of carboxylic acids is 1. The van der Waals surface area contributed by atoms with E-state index in [1.54, 1.807) is 27.0 Å². The molecule has 1 aromatic carbocycles. The molecule has 2 rings (SSSR count). The van der Waals surface area contributed by atoms with E-state index in [-0.39, 0.29) is 6.42 Å². The summed E-state index contributed by atoms with van der Waals surface area (Å²) in [6.07, 6.45) is 0.306. The van der Waals surface area contributed by atoms with Gasteiger partial charge in [0.05, 0.1) is 6.42 Å². The van der Waals surface area contributed by atoms with E-state index in [1.165, 1.54) is 13.8 Å². The van der Waals surface area contributed by atoms with Gasteiger partial charge in [-0.3, -0.25) is 9.59 Å². The fourth-order valence-electron chi connectivity index (χ4n) is 3.09. The van der Waals surface area contributed by atoms with Crippen molar-refractivity contribution in [3.63, 3.8) is 0 Å². The second-order valence-corrected chi connectivity index (χ2v) is 8.79. The Morgan fingerprint density at radius 3 is 2.30 bits per heavy atom. The third-order valence-corrected chi connectivity index (χ3v) is 4.38. The number of hydrogen-bond donors (Lipinski definition) is 5. The molecule has 0 radical (unpaired) electrons. The highest BCUT2D eigenvalue weighted by atomic mass is 16.6. The minimum absolute atomic E-state index is 0.0746. The van der Waals surface area contributed by atoms with Gasteiger partial charge in [-0.15, -0.1) is 0 Å². The molecule has 0 saturated heterocycles. The van der Waals surface area contributed by atoms with Crippen LogP contribution in [0.25, 0.3) is 10.9 Å². The fraction of sp³-hybridized carbons (Fsp3) is 0.476. The number of carboxylic acid groups (broad SMARTS) is 1. The molecule has 9 heteroatoms. The molecule has 1 heterocycles. The van der Waals surface area contributed by atoms with Gasteiger partial charge >= 0.3 is 12.1 Å². The summed E-state index contributed by atoms with van der Waals surface area (Å²) in [5.41, 5.74) is -2.69. The van der Waals surface area contributed by atoms with E-state index in [1.807, 2.05) is 24.3 Å². The van der Waals surface area contributed by atoms with Crippen molar-refractivity contribution < 1.29 is 29.3 Å². The largest absolute Gasteiger partial charge is 0.481 e. The van der Waals surface area contributed by atoms with E-state index in [0.717, 1.165) is 16.5 Å². The van der Waals surface area contributed by atoms with Crippen molar-refractivity contribution in [2.45, 2.75) is 64.3 Å². The second kappa shape index (κ2) is 8.35. The Morgan fingerprint density at radius 1 is 1.07 bits per heavy atom. The molecule has 0 aliphatic carbocycles. The first-order valence-electron chi connectivity index (χ1n) is 9.54. The molecule has 2 atom stereocenters. The van der Waals surface area contributed by atoms with Crippen LogP contribution >= 0.6 is 0 Å². The molecule has 2 amide bonds. The van der Waals surface area contributed by atoms with Crippen LogP contribution in [0.3, 0.4) is 0 Å². The number of nitrogens with one attached hydrogen (secondary N) is 3. The standard InChI is InChI=1S/C21H29N3O6/c1-19(2,3)30-18(28)24-20(4,17(27)23-21(5,29)11-16(25)26)10-13-12-22-15-9-7-6-8-14(13)15/h6-9,12,22,29H,10-11H2,1-5H3,(H,23,27)(H,24,28)(H,25,26)/t20-,21-/m0/s1. The predicted molar refractivity (Wildman–Crippen MR) is 111 cm³/mol. The predicted octanol–water partition coefficient (Wildman–Crippen LogP) is 2.29. The van der Waals surface area contributed by atoms with Crippen LogP contribution in [0.15, 0.2) is 30.5 Å². The summed E-state index contributed by atoms with van der Waals surface area (Å²) in [6, 6.07) is 7.50. The number of aromatic amines is 1. The molecule has 5 N–H and O–H groups in total. The first-order chi connectivity index (χ1) is 13.7. The lowest BCUT2D eigenvalue weighted by molar-refractivity contribution is -0.146.